The third kappa shape index (κ3) is 4.69. The lowest BCUT2D eigenvalue weighted by Gasteiger charge is -2.17. The minimum atomic E-state index is -0.295. The van der Waals surface area contributed by atoms with E-state index >= 15 is 0 Å². The van der Waals surface area contributed by atoms with Gasteiger partial charge in [-0.1, -0.05) is 48.5 Å². The molecule has 2 N–H and O–H groups in total. The van der Waals surface area contributed by atoms with Crippen molar-refractivity contribution < 1.29 is 9.53 Å². The lowest BCUT2D eigenvalue weighted by atomic mass is 10.1. The maximum absolute atomic E-state index is 13.1. The van der Waals surface area contributed by atoms with E-state index in [4.69, 9.17) is 4.74 Å². The van der Waals surface area contributed by atoms with Crippen LogP contribution < -0.4 is 10.1 Å². The van der Waals surface area contributed by atoms with Crippen molar-refractivity contribution in [2.45, 2.75) is 16.6 Å². The standard InChI is InChI=1S/C25H24N2O2S/c1-29-20-12-13-23-22(16-20)19(17-27-23)14-15-26-25(28)24(18-8-4-2-5-9-18)30-21-10-6-3-7-11-21/h2-13,16-17,24,27H,14-15H2,1H3,(H,26,28)/t24-/m1/s1. The van der Waals surface area contributed by atoms with Gasteiger partial charge in [0.25, 0.3) is 0 Å². The molecule has 4 rings (SSSR count). The van der Waals surface area contributed by atoms with Gasteiger partial charge in [-0.3, -0.25) is 4.79 Å². The number of aromatic nitrogens is 1. The molecular weight excluding hydrogens is 392 g/mol. The molecule has 4 aromatic rings. The minimum Gasteiger partial charge on any atom is -0.497 e. The molecule has 1 amide bonds. The molecule has 0 bridgehead atoms. The Hall–Kier alpha value is -3.18. The summed E-state index contributed by atoms with van der Waals surface area (Å²) in [5.41, 5.74) is 3.23. The number of benzene rings is 3. The summed E-state index contributed by atoms with van der Waals surface area (Å²) in [6.45, 7) is 0.571. The number of ether oxygens (including phenoxy) is 1. The van der Waals surface area contributed by atoms with Gasteiger partial charge in [-0.2, -0.15) is 0 Å². The van der Waals surface area contributed by atoms with Gasteiger partial charge in [0.2, 0.25) is 5.91 Å². The molecule has 0 saturated carbocycles. The van der Waals surface area contributed by atoms with Gasteiger partial charge in [0.1, 0.15) is 11.0 Å². The van der Waals surface area contributed by atoms with Crippen molar-refractivity contribution in [2.24, 2.45) is 0 Å². The number of amides is 1. The van der Waals surface area contributed by atoms with E-state index in [-0.39, 0.29) is 11.2 Å². The average Bonchev–Trinajstić information content (AvgIpc) is 3.20. The highest BCUT2D eigenvalue weighted by Gasteiger charge is 2.21. The molecule has 0 aliphatic carbocycles. The third-order valence-electron chi connectivity index (χ3n) is 5.01. The molecular formula is C25H24N2O2S. The summed E-state index contributed by atoms with van der Waals surface area (Å²) < 4.78 is 5.34. The monoisotopic (exact) mass is 416 g/mol. The molecule has 5 heteroatoms. The smallest absolute Gasteiger partial charge is 0.238 e. The fourth-order valence-corrected chi connectivity index (χ4v) is 4.51. The van der Waals surface area contributed by atoms with E-state index in [9.17, 15) is 4.79 Å². The second kappa shape index (κ2) is 9.55. The normalized spacial score (nSPS) is 11.9. The van der Waals surface area contributed by atoms with Gasteiger partial charge < -0.3 is 15.0 Å². The number of methoxy groups -OCH3 is 1. The number of hydrogen-bond donors (Lipinski definition) is 2. The molecule has 0 aliphatic heterocycles. The molecule has 1 heterocycles. The maximum Gasteiger partial charge on any atom is 0.238 e. The van der Waals surface area contributed by atoms with Gasteiger partial charge in [-0.05, 0) is 47.9 Å². The highest BCUT2D eigenvalue weighted by atomic mass is 32.2. The molecule has 1 aromatic heterocycles. The van der Waals surface area contributed by atoms with Crippen molar-refractivity contribution in [1.29, 1.82) is 0 Å². The Kier molecular flexibility index (Phi) is 6.40. The molecule has 0 fully saturated rings. The molecule has 0 saturated heterocycles. The van der Waals surface area contributed by atoms with Crippen LogP contribution in [0, 0.1) is 0 Å². The number of aromatic amines is 1. The number of nitrogens with one attached hydrogen (secondary N) is 2. The van der Waals surface area contributed by atoms with Gasteiger partial charge in [-0.25, -0.2) is 0 Å². The molecule has 152 valence electrons. The predicted molar refractivity (Wildman–Crippen MR) is 123 cm³/mol. The highest BCUT2D eigenvalue weighted by Crippen LogP contribution is 2.35. The van der Waals surface area contributed by atoms with E-state index in [1.165, 1.54) is 0 Å². The van der Waals surface area contributed by atoms with Gasteiger partial charge in [0.15, 0.2) is 0 Å². The van der Waals surface area contributed by atoms with E-state index in [2.05, 4.69) is 10.3 Å². The van der Waals surface area contributed by atoms with E-state index in [1.54, 1.807) is 18.9 Å². The molecule has 4 nitrogen and oxygen atoms in total. The van der Waals surface area contributed by atoms with Crippen molar-refractivity contribution in [1.82, 2.24) is 10.3 Å². The van der Waals surface area contributed by atoms with E-state index in [1.807, 2.05) is 85.1 Å². The predicted octanol–water partition coefficient (Wildman–Crippen LogP) is 5.37. The van der Waals surface area contributed by atoms with Crippen molar-refractivity contribution in [3.05, 3.63) is 96.2 Å². The van der Waals surface area contributed by atoms with E-state index in [0.717, 1.165) is 39.1 Å². The number of carbonyl (C=O) groups excluding carboxylic acids is 1. The van der Waals surface area contributed by atoms with Crippen LogP contribution >= 0.6 is 11.8 Å². The number of H-pyrrole nitrogens is 1. The van der Waals surface area contributed by atoms with Crippen LogP contribution in [0.15, 0.2) is 90.0 Å². The largest absolute Gasteiger partial charge is 0.497 e. The SMILES string of the molecule is COc1ccc2[nH]cc(CCNC(=O)[C@H](Sc3ccccc3)c3ccccc3)c2c1. The Morgan fingerprint density at radius 3 is 2.50 bits per heavy atom. The second-order valence-corrected chi connectivity index (χ2v) is 8.17. The summed E-state index contributed by atoms with van der Waals surface area (Å²) in [6.07, 6.45) is 2.75. The first-order valence-electron chi connectivity index (χ1n) is 9.93. The average molecular weight is 417 g/mol. The van der Waals surface area contributed by atoms with Crippen LogP contribution in [0.5, 0.6) is 5.75 Å². The molecule has 30 heavy (non-hydrogen) atoms. The number of rotatable bonds is 8. The van der Waals surface area contributed by atoms with Gasteiger partial charge >= 0.3 is 0 Å². The number of hydrogen-bond acceptors (Lipinski definition) is 3. The highest BCUT2D eigenvalue weighted by molar-refractivity contribution is 8.00. The van der Waals surface area contributed by atoms with Crippen molar-refractivity contribution >= 4 is 28.6 Å². The van der Waals surface area contributed by atoms with E-state index in [0.29, 0.717) is 6.54 Å². The molecule has 0 radical (unpaired) electrons. The Morgan fingerprint density at radius 2 is 1.77 bits per heavy atom. The minimum absolute atomic E-state index is 0.0208. The van der Waals surface area contributed by atoms with Crippen LogP contribution in [0.3, 0.4) is 0 Å². The van der Waals surface area contributed by atoms with Crippen molar-refractivity contribution in [2.75, 3.05) is 13.7 Å². The Labute approximate surface area is 180 Å². The molecule has 0 aliphatic rings. The quantitative estimate of drug-likeness (QED) is 0.380. The van der Waals surface area contributed by atoms with Crippen LogP contribution in [-0.2, 0) is 11.2 Å². The second-order valence-electron chi connectivity index (χ2n) is 6.99. The van der Waals surface area contributed by atoms with Gasteiger partial charge in [0.05, 0.1) is 7.11 Å². The lowest BCUT2D eigenvalue weighted by Crippen LogP contribution is -2.29. The maximum atomic E-state index is 13.1. The Bertz CT molecular complexity index is 1110. The summed E-state index contributed by atoms with van der Waals surface area (Å²) >= 11 is 1.57. The summed E-state index contributed by atoms with van der Waals surface area (Å²) in [7, 11) is 1.67. The fraction of sp³-hybridized carbons (Fsp3) is 0.160. The summed E-state index contributed by atoms with van der Waals surface area (Å²) in [6, 6.07) is 25.9. The number of carbonyl (C=O) groups is 1. The Morgan fingerprint density at radius 1 is 1.03 bits per heavy atom. The van der Waals surface area contributed by atoms with Gasteiger partial charge in [-0.15, -0.1) is 11.8 Å². The zero-order valence-electron chi connectivity index (χ0n) is 16.8. The topological polar surface area (TPSA) is 54.1 Å². The number of thioether (sulfide) groups is 1. The van der Waals surface area contributed by atoms with E-state index < -0.39 is 0 Å². The van der Waals surface area contributed by atoms with Crippen LogP contribution in [0.4, 0.5) is 0 Å². The first-order valence-corrected chi connectivity index (χ1v) is 10.8. The zero-order valence-corrected chi connectivity index (χ0v) is 17.6. The summed E-state index contributed by atoms with van der Waals surface area (Å²) in [5, 5.41) is 3.96. The first kappa shape index (κ1) is 20.1. The van der Waals surface area contributed by atoms with Crippen LogP contribution in [0.1, 0.15) is 16.4 Å². The first-order chi connectivity index (χ1) is 14.7. The summed E-state index contributed by atoms with van der Waals surface area (Å²) in [4.78, 5) is 17.4. The lowest BCUT2D eigenvalue weighted by molar-refractivity contribution is -0.120. The molecule has 3 aromatic carbocycles. The van der Waals surface area contributed by atoms with Crippen molar-refractivity contribution in [3.63, 3.8) is 0 Å². The van der Waals surface area contributed by atoms with Crippen LogP contribution in [0.2, 0.25) is 0 Å². The fourth-order valence-electron chi connectivity index (χ4n) is 3.44. The molecule has 1 atom stereocenters. The molecule has 0 spiro atoms. The third-order valence-corrected chi connectivity index (χ3v) is 6.27. The zero-order chi connectivity index (χ0) is 20.8. The van der Waals surface area contributed by atoms with Crippen molar-refractivity contribution in [3.8, 4) is 5.75 Å². The molecule has 0 unspecified atom stereocenters. The van der Waals surface area contributed by atoms with Crippen LogP contribution in [0.25, 0.3) is 10.9 Å². The summed E-state index contributed by atoms with van der Waals surface area (Å²) in [5.74, 6) is 0.850. The van der Waals surface area contributed by atoms with Gasteiger partial charge in [0, 0.05) is 28.5 Å². The van der Waals surface area contributed by atoms with Crippen LogP contribution in [-0.4, -0.2) is 24.5 Å². The number of fused-ring (bicyclic) bond motifs is 1. The Balaban J connectivity index is 1.45.